The van der Waals surface area contributed by atoms with Gasteiger partial charge in [0.1, 0.15) is 17.3 Å². The summed E-state index contributed by atoms with van der Waals surface area (Å²) in [4.78, 5) is 65.9. The quantitative estimate of drug-likeness (QED) is 0.0358. The first-order chi connectivity index (χ1) is 37.2. The van der Waals surface area contributed by atoms with E-state index in [0.717, 1.165) is 46.5 Å². The van der Waals surface area contributed by atoms with Gasteiger partial charge in [-0.1, -0.05) is 49.4 Å². The van der Waals surface area contributed by atoms with Crippen LogP contribution < -0.4 is 26.8 Å². The molecule has 3 fully saturated rings. The van der Waals surface area contributed by atoms with Crippen LogP contribution in [0.3, 0.4) is 0 Å². The van der Waals surface area contributed by atoms with Gasteiger partial charge < -0.3 is 61.6 Å². The molecule has 0 unspecified atom stereocenters. The molecule has 3 amide bonds. The molecule has 10 atom stereocenters. The molecule has 6 aliphatic rings. The minimum absolute atomic E-state index is 0.0790. The van der Waals surface area contributed by atoms with Crippen LogP contribution >= 0.6 is 0 Å². The first-order valence-electron chi connectivity index (χ1n) is 25.9. The fraction of sp³-hybridized carbons (Fsp3) is 0.558. The molecule has 27 heteroatoms. The number of nitrogens with two attached hydrogens (primary N) is 3. The third-order valence-corrected chi connectivity index (χ3v) is 16.7. The molecule has 1 aliphatic carbocycles. The molecule has 0 radical (unpaired) electrons. The number of aromatic nitrogens is 3. The van der Waals surface area contributed by atoms with E-state index in [1.807, 2.05) is 62.2 Å². The summed E-state index contributed by atoms with van der Waals surface area (Å²) in [6.07, 6.45) is 6.41. The van der Waals surface area contributed by atoms with Gasteiger partial charge in [-0.15, -0.1) is 5.11 Å². The lowest BCUT2D eigenvalue weighted by atomic mass is 9.47. The number of esters is 1. The third-order valence-electron chi connectivity index (χ3n) is 16.7. The van der Waals surface area contributed by atoms with E-state index in [2.05, 4.69) is 57.7 Å². The van der Waals surface area contributed by atoms with Crippen molar-refractivity contribution in [1.29, 1.82) is 0 Å². The zero-order valence-corrected chi connectivity index (χ0v) is 46.5. The molecule has 2 saturated heterocycles. The molecule has 26 nitrogen and oxygen atoms in total. The van der Waals surface area contributed by atoms with Gasteiger partial charge in [0.25, 0.3) is 11.8 Å². The predicted octanol–water partition coefficient (Wildman–Crippen LogP) is 2.25. The monoisotopic (exact) mass is 1120 g/mol. The summed E-state index contributed by atoms with van der Waals surface area (Å²) >= 11 is 0. The van der Waals surface area contributed by atoms with Crippen LogP contribution in [0.25, 0.3) is 10.9 Å². The number of H-pyrrole nitrogens is 2. The average Bonchev–Trinajstić information content (AvgIpc) is 2.04. The number of carbonyl (C=O) groups is 4. The molecule has 2 bridgehead atoms. The number of anilines is 1. The number of aliphatic hydroxyl groups is 3. The minimum Gasteiger partial charge on any atom is -0.496 e. The Morgan fingerprint density at radius 3 is 2.25 bits per heavy atom. The number of nitrogens with zero attached hydrogens (tertiary/aromatic N) is 7. The second-order valence-electron chi connectivity index (χ2n) is 21.2. The number of aliphatic hydroxyl groups excluding tert-OH is 1. The standard InChI is InChI=1S/C43H55N5O7.C6H10N6O.C3H7NO2.H2O4S/c1-6-39(52)21-25-22-42(38(51)55-5,33-27(13-17-47(23-25)24-39)26-11-8-9-12-30(26)45-33)29-19-28-31(20-32(29)54-4)46(3)35-41(28)15-18-48-16-10-14-40(7-2,34(41)48)36(49)43(35,53)37(44)50;1-12(2)11-10-6-4(5(7)13)8-3-9-6;1-2-6-3(4)5;1-5(2,3)4/h8-12,14,19-20,25,34-36,45,49,52-53H,6-7,13,15-18,21-24H2,1-5H3,(H2,44,50);3H,1-2H3,(H2,7,13)(H,8,9);2H2,1H3,(H2,4,5);(H2,1,2,3,4)/b;11-10+;;/t25-,34+,35-,36-,39+,40-,41-,42+,43+;;;/m1.../s1. The van der Waals surface area contributed by atoms with E-state index in [1.54, 1.807) is 28.1 Å². The van der Waals surface area contributed by atoms with Crippen LogP contribution in [-0.4, -0.2) is 191 Å². The van der Waals surface area contributed by atoms with Crippen molar-refractivity contribution < 1.29 is 66.2 Å². The second-order valence-corrected chi connectivity index (χ2v) is 22.1. The Balaban J connectivity index is 0.000000313. The zero-order valence-electron chi connectivity index (χ0n) is 45.7. The van der Waals surface area contributed by atoms with Gasteiger partial charge in [-0.05, 0) is 81.2 Å². The highest BCUT2D eigenvalue weighted by molar-refractivity contribution is 7.79. The zero-order chi connectivity index (χ0) is 58.2. The summed E-state index contributed by atoms with van der Waals surface area (Å²) in [5, 5.41) is 46.9. The van der Waals surface area contributed by atoms with Crippen molar-refractivity contribution in [3.05, 3.63) is 83.0 Å². The van der Waals surface area contributed by atoms with Crippen molar-refractivity contribution in [1.82, 2.24) is 29.8 Å². The summed E-state index contributed by atoms with van der Waals surface area (Å²) in [6, 6.07) is 11.0. The smallest absolute Gasteiger partial charge is 0.404 e. The van der Waals surface area contributed by atoms with Gasteiger partial charge in [0.15, 0.2) is 17.1 Å². The summed E-state index contributed by atoms with van der Waals surface area (Å²) in [5.41, 5.74) is 14.4. The average molecular weight is 1120 g/mol. The number of likely N-dealkylation sites (N-methyl/N-ethyl adjacent to an activating group) is 1. The van der Waals surface area contributed by atoms with Crippen LogP contribution in [0.4, 0.5) is 16.3 Å². The van der Waals surface area contributed by atoms with E-state index in [0.29, 0.717) is 76.1 Å². The Hall–Kier alpha value is -6.72. The number of imidazole rings is 1. The first kappa shape index (κ1) is 59.9. The van der Waals surface area contributed by atoms with Gasteiger partial charge in [0.2, 0.25) is 0 Å². The fourth-order valence-electron chi connectivity index (χ4n) is 13.9. The van der Waals surface area contributed by atoms with E-state index in [9.17, 15) is 29.7 Å². The van der Waals surface area contributed by atoms with Crippen molar-refractivity contribution in [3.63, 3.8) is 0 Å². The maximum Gasteiger partial charge on any atom is 0.404 e. The van der Waals surface area contributed by atoms with E-state index in [-0.39, 0.29) is 23.5 Å². The maximum absolute atomic E-state index is 15.2. The van der Waals surface area contributed by atoms with Gasteiger partial charge in [-0.2, -0.15) is 8.42 Å². The molecule has 79 heavy (non-hydrogen) atoms. The molecule has 1 saturated carbocycles. The van der Waals surface area contributed by atoms with Crippen LogP contribution in [0.15, 0.2) is 65.2 Å². The van der Waals surface area contributed by atoms with E-state index in [4.69, 9.17) is 38.5 Å². The van der Waals surface area contributed by atoms with Gasteiger partial charge in [-0.25, -0.2) is 9.78 Å². The summed E-state index contributed by atoms with van der Waals surface area (Å²) in [7, 11) is 3.65. The minimum atomic E-state index is -4.67. The van der Waals surface area contributed by atoms with Crippen LogP contribution in [0.1, 0.15) is 85.7 Å². The number of fused-ring (bicyclic) bond motifs is 6. The number of methoxy groups -OCH3 is 2. The topological polar surface area (TPSA) is 391 Å². The molecule has 432 valence electrons. The molecule has 2 aromatic heterocycles. The molecule has 1 spiro atoms. The molecule has 2 aromatic carbocycles. The van der Waals surface area contributed by atoms with Crippen molar-refractivity contribution >= 4 is 56.7 Å². The number of carbonyl (C=O) groups excluding carboxylic acids is 4. The van der Waals surface area contributed by atoms with Crippen LogP contribution in [0, 0.1) is 11.3 Å². The number of amides is 3. The number of ether oxygens (including phenoxy) is 3. The number of piperidine rings is 1. The number of nitrogens with one attached hydrogen (secondary N) is 2. The van der Waals surface area contributed by atoms with Gasteiger partial charge in [-0.3, -0.25) is 38.3 Å². The Morgan fingerprint density at radius 1 is 0.975 bits per heavy atom. The van der Waals surface area contributed by atoms with Crippen molar-refractivity contribution in [2.45, 2.75) is 99.5 Å². The molecule has 13 N–H and O–H groups in total. The highest BCUT2D eigenvalue weighted by Gasteiger charge is 2.78. The number of hydrogen-bond acceptors (Lipinski definition) is 18. The van der Waals surface area contributed by atoms with Crippen LogP contribution in [0.5, 0.6) is 5.75 Å². The summed E-state index contributed by atoms with van der Waals surface area (Å²) < 4.78 is 48.0. The number of benzene rings is 2. The van der Waals surface area contributed by atoms with Crippen molar-refractivity contribution in [3.8, 4) is 5.75 Å². The lowest BCUT2D eigenvalue weighted by Gasteiger charge is -2.63. The number of rotatable bonds is 10. The maximum atomic E-state index is 15.2. The number of hydrogen-bond donors (Lipinski definition) is 10. The first-order valence-corrected chi connectivity index (χ1v) is 27.3. The molecule has 10 rings (SSSR count). The number of para-hydroxylation sites is 1. The molecular weight excluding hydrogens is 1050 g/mol. The molecular formula is C52H74N12O14S. The number of aromatic amines is 2. The largest absolute Gasteiger partial charge is 0.496 e. The Kier molecular flexibility index (Phi) is 17.3. The van der Waals surface area contributed by atoms with Gasteiger partial charge in [0.05, 0.1) is 38.8 Å². The van der Waals surface area contributed by atoms with Crippen LogP contribution in [-0.2, 0) is 46.7 Å². The highest BCUT2D eigenvalue weighted by atomic mass is 32.3. The lowest BCUT2D eigenvalue weighted by molar-refractivity contribution is -0.201. The summed E-state index contributed by atoms with van der Waals surface area (Å²) in [6.45, 7) is 9.45. The summed E-state index contributed by atoms with van der Waals surface area (Å²) in [5.74, 6) is -1.37. The van der Waals surface area contributed by atoms with E-state index in [1.165, 1.54) is 18.4 Å². The Labute approximate surface area is 457 Å². The van der Waals surface area contributed by atoms with Crippen LogP contribution in [0.2, 0.25) is 0 Å². The van der Waals surface area contributed by atoms with E-state index >= 15 is 4.79 Å². The van der Waals surface area contributed by atoms with E-state index < -0.39 is 73.9 Å². The SMILES string of the molecule is CCOC(N)=O.CC[C@]1(O)C[C@H]2C[N@](CCc3c([nH]c4ccccc34)[C@@](C(=O)OC)(c3cc4c(cc3OC)N(C)[C@H]3[C@@](O)(C(N)=O)[C@H](O)[C@]5(CC)C=CCN6CC[C@]43[C@@H]65)C2)C1.CN(C)/N=N/c1[nH]cnc1C(N)=O.O=S(=O)(O)O. The fourth-order valence-corrected chi connectivity index (χ4v) is 13.9. The molecule has 5 aliphatic heterocycles. The highest BCUT2D eigenvalue weighted by Crippen LogP contribution is 2.67. The molecule has 7 heterocycles. The third kappa shape index (κ3) is 10.6. The number of primary amides is 3. The Bertz CT molecular complexity index is 3110. The predicted molar refractivity (Wildman–Crippen MR) is 289 cm³/mol. The Morgan fingerprint density at radius 2 is 1.67 bits per heavy atom. The second kappa shape index (κ2) is 22.8. The van der Waals surface area contributed by atoms with Crippen molar-refractivity contribution in [2.24, 2.45) is 38.9 Å². The van der Waals surface area contributed by atoms with Crippen molar-refractivity contribution in [2.75, 3.05) is 79.6 Å². The normalized spacial score (nSPS) is 30.2. The molecule has 4 aromatic rings. The van der Waals surface area contributed by atoms with Gasteiger partial charge in [0, 0.05) is 98.1 Å². The lowest BCUT2D eigenvalue weighted by Crippen LogP contribution is -2.81. The van der Waals surface area contributed by atoms with Gasteiger partial charge >= 0.3 is 22.5 Å².